The molecule has 0 unspecified atom stereocenters. The lowest BCUT2D eigenvalue weighted by Gasteiger charge is -2.37. The van der Waals surface area contributed by atoms with E-state index in [4.69, 9.17) is 5.73 Å². The third kappa shape index (κ3) is 2.59. The fourth-order valence-electron chi connectivity index (χ4n) is 2.58. The number of hydrogen-bond donors (Lipinski definition) is 2. The second-order valence-electron chi connectivity index (χ2n) is 4.97. The SMILES string of the molecule is Nc1ccc(Br)cc1C1(C(=O)O)CCC(F)(F)CC1. The van der Waals surface area contributed by atoms with E-state index < -0.39 is 30.1 Å². The highest BCUT2D eigenvalue weighted by atomic mass is 79.9. The van der Waals surface area contributed by atoms with Crippen LogP contribution in [-0.4, -0.2) is 17.0 Å². The maximum absolute atomic E-state index is 13.3. The van der Waals surface area contributed by atoms with E-state index >= 15 is 0 Å². The zero-order valence-corrected chi connectivity index (χ0v) is 11.7. The van der Waals surface area contributed by atoms with Crippen LogP contribution in [0.1, 0.15) is 31.2 Å². The molecule has 3 nitrogen and oxygen atoms in total. The summed E-state index contributed by atoms with van der Waals surface area (Å²) in [5.41, 5.74) is 5.28. The lowest BCUT2D eigenvalue weighted by Crippen LogP contribution is -2.43. The topological polar surface area (TPSA) is 63.3 Å². The van der Waals surface area contributed by atoms with Gasteiger partial charge in [0.15, 0.2) is 0 Å². The molecule has 0 saturated heterocycles. The number of rotatable bonds is 2. The largest absolute Gasteiger partial charge is 0.481 e. The van der Waals surface area contributed by atoms with E-state index in [1.54, 1.807) is 18.2 Å². The van der Waals surface area contributed by atoms with Crippen molar-refractivity contribution in [3.05, 3.63) is 28.2 Å². The van der Waals surface area contributed by atoms with E-state index in [-0.39, 0.29) is 12.8 Å². The van der Waals surface area contributed by atoms with Crippen molar-refractivity contribution < 1.29 is 18.7 Å². The Morgan fingerprint density at radius 3 is 2.37 bits per heavy atom. The quantitative estimate of drug-likeness (QED) is 0.813. The monoisotopic (exact) mass is 333 g/mol. The molecule has 1 aliphatic carbocycles. The average Bonchev–Trinajstić information content (AvgIpc) is 2.33. The van der Waals surface area contributed by atoms with Gasteiger partial charge in [0.2, 0.25) is 5.92 Å². The molecule has 1 fully saturated rings. The van der Waals surface area contributed by atoms with Crippen molar-refractivity contribution in [2.75, 3.05) is 5.73 Å². The number of carboxylic acids is 1. The Kier molecular flexibility index (Phi) is 3.55. The molecule has 0 aliphatic heterocycles. The minimum atomic E-state index is -2.78. The summed E-state index contributed by atoms with van der Waals surface area (Å²) in [4.78, 5) is 11.6. The first-order valence-electron chi connectivity index (χ1n) is 5.94. The molecule has 0 amide bonds. The molecule has 0 aromatic heterocycles. The van der Waals surface area contributed by atoms with Gasteiger partial charge in [-0.3, -0.25) is 4.79 Å². The summed E-state index contributed by atoms with van der Waals surface area (Å²) in [6.45, 7) is 0. The first kappa shape index (κ1) is 14.2. The lowest BCUT2D eigenvalue weighted by molar-refractivity contribution is -0.149. The first-order valence-corrected chi connectivity index (χ1v) is 6.73. The number of nitrogen functional groups attached to an aromatic ring is 1. The fraction of sp³-hybridized carbons (Fsp3) is 0.462. The van der Waals surface area contributed by atoms with Gasteiger partial charge in [-0.25, -0.2) is 8.78 Å². The van der Waals surface area contributed by atoms with Gasteiger partial charge in [0.25, 0.3) is 0 Å². The van der Waals surface area contributed by atoms with Gasteiger partial charge in [0, 0.05) is 23.0 Å². The molecule has 1 saturated carbocycles. The predicted octanol–water partition coefficient (Wildman–Crippen LogP) is 3.56. The van der Waals surface area contributed by atoms with Crippen LogP contribution in [-0.2, 0) is 10.2 Å². The normalized spacial score (nSPS) is 21.0. The summed E-state index contributed by atoms with van der Waals surface area (Å²) in [6, 6.07) is 4.91. The van der Waals surface area contributed by atoms with Crippen molar-refractivity contribution in [2.24, 2.45) is 0 Å². The van der Waals surface area contributed by atoms with Crippen LogP contribution in [0.3, 0.4) is 0 Å². The van der Waals surface area contributed by atoms with E-state index in [1.165, 1.54) is 0 Å². The van der Waals surface area contributed by atoms with Gasteiger partial charge in [-0.2, -0.15) is 0 Å². The zero-order chi connectivity index (χ0) is 14.3. The van der Waals surface area contributed by atoms with E-state index in [9.17, 15) is 18.7 Å². The van der Waals surface area contributed by atoms with Crippen LogP contribution in [0.2, 0.25) is 0 Å². The Morgan fingerprint density at radius 2 is 1.84 bits per heavy atom. The molecule has 3 N–H and O–H groups in total. The number of hydrogen-bond acceptors (Lipinski definition) is 2. The maximum atomic E-state index is 13.3. The highest BCUT2D eigenvalue weighted by Gasteiger charge is 2.49. The number of carboxylic acid groups (broad SMARTS) is 1. The van der Waals surface area contributed by atoms with Crippen LogP contribution in [0.5, 0.6) is 0 Å². The maximum Gasteiger partial charge on any atom is 0.314 e. The van der Waals surface area contributed by atoms with E-state index in [2.05, 4.69) is 15.9 Å². The molecular weight excluding hydrogens is 320 g/mol. The number of halogens is 3. The number of carbonyl (C=O) groups is 1. The zero-order valence-electron chi connectivity index (χ0n) is 10.1. The molecule has 6 heteroatoms. The predicted molar refractivity (Wildman–Crippen MR) is 71.3 cm³/mol. The van der Waals surface area contributed by atoms with Crippen molar-refractivity contribution in [1.29, 1.82) is 0 Å². The molecule has 1 aromatic carbocycles. The Morgan fingerprint density at radius 1 is 1.26 bits per heavy atom. The summed E-state index contributed by atoms with van der Waals surface area (Å²) in [5.74, 6) is -3.87. The molecule has 19 heavy (non-hydrogen) atoms. The fourth-order valence-corrected chi connectivity index (χ4v) is 2.94. The smallest absolute Gasteiger partial charge is 0.314 e. The van der Waals surface area contributed by atoms with E-state index in [0.717, 1.165) is 0 Å². The van der Waals surface area contributed by atoms with Crippen LogP contribution >= 0.6 is 15.9 Å². The number of nitrogens with two attached hydrogens (primary N) is 1. The highest BCUT2D eigenvalue weighted by molar-refractivity contribution is 9.10. The first-order chi connectivity index (χ1) is 8.77. The molecule has 1 aliphatic rings. The van der Waals surface area contributed by atoms with Crippen LogP contribution in [0.4, 0.5) is 14.5 Å². The molecule has 104 valence electrons. The van der Waals surface area contributed by atoms with Crippen molar-refractivity contribution >= 4 is 27.6 Å². The van der Waals surface area contributed by atoms with Gasteiger partial charge in [-0.1, -0.05) is 15.9 Å². The van der Waals surface area contributed by atoms with Gasteiger partial charge >= 0.3 is 5.97 Å². The average molecular weight is 334 g/mol. The molecule has 0 atom stereocenters. The number of alkyl halides is 2. The Balaban J connectivity index is 2.47. The van der Waals surface area contributed by atoms with Crippen LogP contribution in [0, 0.1) is 0 Å². The Bertz CT molecular complexity index is 509. The van der Waals surface area contributed by atoms with Crippen molar-refractivity contribution in [3.63, 3.8) is 0 Å². The molecule has 0 radical (unpaired) electrons. The Labute approximate surface area is 117 Å². The van der Waals surface area contributed by atoms with E-state index in [1.807, 2.05) is 0 Å². The van der Waals surface area contributed by atoms with Gasteiger partial charge in [0.1, 0.15) is 0 Å². The molecule has 0 bridgehead atoms. The van der Waals surface area contributed by atoms with E-state index in [0.29, 0.717) is 15.7 Å². The van der Waals surface area contributed by atoms with Gasteiger partial charge < -0.3 is 10.8 Å². The number of benzene rings is 1. The number of aliphatic carboxylic acids is 1. The standard InChI is InChI=1S/C13H14BrF2NO2/c14-8-1-2-10(17)9(7-8)12(11(18)19)3-5-13(15,16)6-4-12/h1-2,7H,3-6,17H2,(H,18,19). The van der Waals surface area contributed by atoms with Crippen LogP contribution in [0.25, 0.3) is 0 Å². The molecule has 0 spiro atoms. The van der Waals surface area contributed by atoms with Crippen molar-refractivity contribution in [2.45, 2.75) is 37.0 Å². The number of anilines is 1. The summed E-state index contributed by atoms with van der Waals surface area (Å²) in [7, 11) is 0. The summed E-state index contributed by atoms with van der Waals surface area (Å²) in [6.07, 6.45) is -1.05. The molecular formula is C13H14BrF2NO2. The summed E-state index contributed by atoms with van der Waals surface area (Å²) in [5, 5.41) is 9.51. The minimum Gasteiger partial charge on any atom is -0.481 e. The van der Waals surface area contributed by atoms with Crippen molar-refractivity contribution in [3.8, 4) is 0 Å². The third-order valence-electron chi connectivity index (χ3n) is 3.78. The molecule has 1 aromatic rings. The summed E-state index contributed by atoms with van der Waals surface area (Å²) < 4.78 is 27.2. The highest BCUT2D eigenvalue weighted by Crippen LogP contribution is 2.47. The third-order valence-corrected chi connectivity index (χ3v) is 4.27. The molecule has 0 heterocycles. The van der Waals surface area contributed by atoms with Crippen LogP contribution in [0.15, 0.2) is 22.7 Å². The van der Waals surface area contributed by atoms with Crippen LogP contribution < -0.4 is 5.73 Å². The second-order valence-corrected chi connectivity index (χ2v) is 5.89. The van der Waals surface area contributed by atoms with Gasteiger partial charge in [0.05, 0.1) is 5.41 Å². The van der Waals surface area contributed by atoms with Crippen molar-refractivity contribution in [1.82, 2.24) is 0 Å². The lowest BCUT2D eigenvalue weighted by atomic mass is 9.68. The minimum absolute atomic E-state index is 0.101. The van der Waals surface area contributed by atoms with Gasteiger partial charge in [-0.05, 0) is 36.6 Å². The molecule has 2 rings (SSSR count). The van der Waals surface area contributed by atoms with Gasteiger partial charge in [-0.15, -0.1) is 0 Å². The Hall–Kier alpha value is -1.17. The second kappa shape index (κ2) is 4.74. The summed E-state index contributed by atoms with van der Waals surface area (Å²) >= 11 is 3.26.